The molecule has 0 aliphatic rings. The fourth-order valence-electron chi connectivity index (χ4n) is 2.02. The van der Waals surface area contributed by atoms with Crippen molar-refractivity contribution in [3.63, 3.8) is 0 Å². The average Bonchev–Trinajstić information content (AvgIpc) is 2.89. The van der Waals surface area contributed by atoms with E-state index in [1.165, 1.54) is 12.1 Å². The van der Waals surface area contributed by atoms with Crippen LogP contribution in [-0.4, -0.2) is 19.8 Å². The minimum Gasteiger partial charge on any atom is -0.333 e. The maximum atomic E-state index is 10.9. The Morgan fingerprint density at radius 1 is 1.00 bits per heavy atom. The minimum atomic E-state index is -0.688. The number of imidazole rings is 1. The van der Waals surface area contributed by atoms with Crippen molar-refractivity contribution < 1.29 is 9.85 Å². The molecule has 0 bridgehead atoms. The lowest BCUT2D eigenvalue weighted by molar-refractivity contribution is -0.394. The summed E-state index contributed by atoms with van der Waals surface area (Å²) < 4.78 is 0. The van der Waals surface area contributed by atoms with Crippen LogP contribution in [0.2, 0.25) is 10.0 Å². The standard InChI is InChI=1S/C13H6Cl2N4O4S/c14-6-1-10(15)12-11(2-6)16-13(17-12)24-9-4-7(18(20)21)3-8(5-9)19(22)23/h1-5H,(H,16,17). The van der Waals surface area contributed by atoms with Crippen molar-refractivity contribution in [2.24, 2.45) is 0 Å². The fourth-order valence-corrected chi connectivity index (χ4v) is 3.43. The monoisotopic (exact) mass is 384 g/mol. The minimum absolute atomic E-state index is 0.303. The van der Waals surface area contributed by atoms with Crippen LogP contribution < -0.4 is 0 Å². The summed E-state index contributed by atoms with van der Waals surface area (Å²) in [5.74, 6) is 0. The summed E-state index contributed by atoms with van der Waals surface area (Å²) in [7, 11) is 0. The Morgan fingerprint density at radius 2 is 1.62 bits per heavy atom. The van der Waals surface area contributed by atoms with Crippen molar-refractivity contribution in [3.05, 3.63) is 60.6 Å². The summed E-state index contributed by atoms with van der Waals surface area (Å²) >= 11 is 13.0. The zero-order valence-corrected chi connectivity index (χ0v) is 13.9. The molecule has 0 unspecified atom stereocenters. The molecule has 24 heavy (non-hydrogen) atoms. The van der Waals surface area contributed by atoms with E-state index >= 15 is 0 Å². The zero-order valence-electron chi connectivity index (χ0n) is 11.5. The molecule has 0 radical (unpaired) electrons. The molecule has 1 N–H and O–H groups in total. The van der Waals surface area contributed by atoms with Crippen molar-refractivity contribution in [2.45, 2.75) is 10.1 Å². The predicted molar refractivity (Wildman–Crippen MR) is 90.0 cm³/mol. The second-order valence-electron chi connectivity index (χ2n) is 4.63. The lowest BCUT2D eigenvalue weighted by Gasteiger charge is -1.99. The molecule has 0 saturated heterocycles. The molecule has 1 heterocycles. The number of nitro groups is 2. The van der Waals surface area contributed by atoms with Crippen molar-refractivity contribution in [3.8, 4) is 0 Å². The number of H-pyrrole nitrogens is 1. The van der Waals surface area contributed by atoms with Gasteiger partial charge in [0.15, 0.2) is 5.16 Å². The predicted octanol–water partition coefficient (Wildman–Crippen LogP) is 4.84. The van der Waals surface area contributed by atoms with Crippen LogP contribution in [0, 0.1) is 20.2 Å². The highest BCUT2D eigenvalue weighted by Gasteiger charge is 2.18. The number of benzene rings is 2. The number of non-ortho nitro benzene ring substituents is 2. The van der Waals surface area contributed by atoms with Gasteiger partial charge in [-0.05, 0) is 12.1 Å². The number of aromatic amines is 1. The molecule has 0 amide bonds. The Morgan fingerprint density at radius 3 is 2.21 bits per heavy atom. The van der Waals surface area contributed by atoms with E-state index in [2.05, 4.69) is 9.97 Å². The lowest BCUT2D eigenvalue weighted by atomic mass is 10.3. The van der Waals surface area contributed by atoms with E-state index < -0.39 is 9.85 Å². The average molecular weight is 385 g/mol. The maximum Gasteiger partial charge on any atom is 0.277 e. The first-order chi connectivity index (χ1) is 11.3. The van der Waals surface area contributed by atoms with Gasteiger partial charge in [-0.2, -0.15) is 0 Å². The summed E-state index contributed by atoms with van der Waals surface area (Å²) in [5, 5.41) is 23.0. The molecule has 0 aliphatic heterocycles. The van der Waals surface area contributed by atoms with Gasteiger partial charge in [0.05, 0.1) is 26.5 Å². The van der Waals surface area contributed by atoms with Gasteiger partial charge in [-0.15, -0.1) is 0 Å². The molecule has 0 atom stereocenters. The van der Waals surface area contributed by atoms with Gasteiger partial charge < -0.3 is 4.98 Å². The van der Waals surface area contributed by atoms with E-state index in [1.54, 1.807) is 12.1 Å². The Balaban J connectivity index is 2.03. The summed E-state index contributed by atoms with van der Waals surface area (Å²) in [6.45, 7) is 0. The van der Waals surface area contributed by atoms with Gasteiger partial charge in [-0.3, -0.25) is 20.2 Å². The second kappa shape index (κ2) is 6.27. The van der Waals surface area contributed by atoms with E-state index in [4.69, 9.17) is 23.2 Å². The van der Waals surface area contributed by atoms with Crippen LogP contribution in [0.4, 0.5) is 11.4 Å². The molecule has 122 valence electrons. The number of hydrogen-bond acceptors (Lipinski definition) is 6. The highest BCUT2D eigenvalue weighted by Crippen LogP contribution is 2.35. The first kappa shape index (κ1) is 16.5. The Labute approximate surface area is 148 Å². The molecule has 3 rings (SSSR count). The van der Waals surface area contributed by atoms with E-state index in [0.29, 0.717) is 31.1 Å². The van der Waals surface area contributed by atoms with Gasteiger partial charge in [-0.25, -0.2) is 4.98 Å². The van der Waals surface area contributed by atoms with Gasteiger partial charge in [0.25, 0.3) is 11.4 Å². The smallest absolute Gasteiger partial charge is 0.277 e. The number of fused-ring (bicyclic) bond motifs is 1. The molecule has 0 saturated carbocycles. The molecule has 11 heteroatoms. The van der Waals surface area contributed by atoms with Gasteiger partial charge in [0, 0.05) is 22.1 Å². The molecule has 8 nitrogen and oxygen atoms in total. The quantitative estimate of drug-likeness (QED) is 0.508. The van der Waals surface area contributed by atoms with E-state index in [-0.39, 0.29) is 11.4 Å². The lowest BCUT2D eigenvalue weighted by Crippen LogP contribution is -1.93. The summed E-state index contributed by atoms with van der Waals surface area (Å²) in [6, 6.07) is 6.55. The summed E-state index contributed by atoms with van der Waals surface area (Å²) in [5.41, 5.74) is 0.339. The van der Waals surface area contributed by atoms with Gasteiger partial charge in [-0.1, -0.05) is 35.0 Å². The largest absolute Gasteiger partial charge is 0.333 e. The molecular formula is C13H6Cl2N4O4S. The Hall–Kier alpha value is -2.36. The van der Waals surface area contributed by atoms with E-state index in [1.807, 2.05) is 0 Å². The zero-order chi connectivity index (χ0) is 17.4. The van der Waals surface area contributed by atoms with Crippen LogP contribution in [0.15, 0.2) is 40.4 Å². The van der Waals surface area contributed by atoms with Gasteiger partial charge in [0.1, 0.15) is 5.52 Å². The number of halogens is 2. The first-order valence-electron chi connectivity index (χ1n) is 6.30. The van der Waals surface area contributed by atoms with Crippen LogP contribution in [0.25, 0.3) is 11.0 Å². The van der Waals surface area contributed by atoms with E-state index in [0.717, 1.165) is 17.8 Å². The number of nitrogens with zero attached hydrogens (tertiary/aromatic N) is 3. The molecular weight excluding hydrogens is 379 g/mol. The fraction of sp³-hybridized carbons (Fsp3) is 0. The Bertz CT molecular complexity index is 959. The van der Waals surface area contributed by atoms with Crippen LogP contribution in [-0.2, 0) is 0 Å². The van der Waals surface area contributed by atoms with Crippen LogP contribution in [0.1, 0.15) is 0 Å². The topological polar surface area (TPSA) is 115 Å². The molecule has 0 spiro atoms. The third-order valence-corrected chi connectivity index (χ3v) is 4.36. The van der Waals surface area contributed by atoms with Crippen molar-refractivity contribution in [1.29, 1.82) is 0 Å². The number of rotatable bonds is 4. The highest BCUT2D eigenvalue weighted by molar-refractivity contribution is 7.99. The summed E-state index contributed by atoms with van der Waals surface area (Å²) in [4.78, 5) is 28.0. The van der Waals surface area contributed by atoms with Crippen LogP contribution in [0.3, 0.4) is 0 Å². The van der Waals surface area contributed by atoms with Crippen LogP contribution in [0.5, 0.6) is 0 Å². The molecule has 0 aliphatic carbocycles. The number of hydrogen-bond donors (Lipinski definition) is 1. The molecule has 0 fully saturated rings. The van der Waals surface area contributed by atoms with Gasteiger partial charge >= 0.3 is 0 Å². The third-order valence-electron chi connectivity index (χ3n) is 3.00. The number of nitro benzene ring substituents is 2. The molecule has 2 aromatic carbocycles. The van der Waals surface area contributed by atoms with Crippen molar-refractivity contribution >= 4 is 57.4 Å². The van der Waals surface area contributed by atoms with Crippen molar-refractivity contribution in [2.75, 3.05) is 0 Å². The molecule has 1 aromatic heterocycles. The maximum absolute atomic E-state index is 10.9. The number of aromatic nitrogens is 2. The van der Waals surface area contributed by atoms with Crippen LogP contribution >= 0.6 is 35.0 Å². The Kier molecular flexibility index (Phi) is 4.31. The SMILES string of the molecule is O=[N+]([O-])c1cc(Sc2nc3c(Cl)cc(Cl)cc3[nH]2)cc([N+](=O)[O-])c1. The third kappa shape index (κ3) is 3.28. The van der Waals surface area contributed by atoms with Gasteiger partial charge in [0.2, 0.25) is 0 Å². The molecule has 3 aromatic rings. The van der Waals surface area contributed by atoms with Crippen molar-refractivity contribution in [1.82, 2.24) is 9.97 Å². The first-order valence-corrected chi connectivity index (χ1v) is 7.87. The van der Waals surface area contributed by atoms with E-state index in [9.17, 15) is 20.2 Å². The second-order valence-corrected chi connectivity index (χ2v) is 6.53. The summed E-state index contributed by atoms with van der Waals surface area (Å²) in [6.07, 6.45) is 0. The number of nitrogens with one attached hydrogen (secondary N) is 1. The highest BCUT2D eigenvalue weighted by atomic mass is 35.5. The normalized spacial score (nSPS) is 10.9.